The fourth-order valence-corrected chi connectivity index (χ4v) is 0.968. The SMILES string of the molecule is CCC(C)(O)[CH2][SnH]. The van der Waals surface area contributed by atoms with Crippen LogP contribution in [-0.4, -0.2) is 33.2 Å². The molecule has 0 spiro atoms. The van der Waals surface area contributed by atoms with Gasteiger partial charge in [-0.1, -0.05) is 0 Å². The first-order chi connectivity index (χ1) is 3.12. The molecule has 0 saturated heterocycles. The minimum atomic E-state index is -0.359. The number of hydrogen-bond acceptors (Lipinski definition) is 1. The molecule has 0 aliphatic carbocycles. The van der Waals surface area contributed by atoms with Crippen LogP contribution in [0.5, 0.6) is 0 Å². The van der Waals surface area contributed by atoms with Crippen molar-refractivity contribution in [1.29, 1.82) is 0 Å². The second kappa shape index (κ2) is 2.92. The summed E-state index contributed by atoms with van der Waals surface area (Å²) in [5, 5.41) is 9.16. The first-order valence-corrected chi connectivity index (χ1v) is 4.88. The van der Waals surface area contributed by atoms with Gasteiger partial charge in [-0.25, -0.2) is 0 Å². The fourth-order valence-electron chi connectivity index (χ4n) is 0.144. The van der Waals surface area contributed by atoms with Crippen LogP contribution in [0, 0.1) is 0 Å². The molecule has 0 aromatic rings. The molecule has 0 saturated carbocycles. The predicted octanol–water partition coefficient (Wildman–Crippen LogP) is 0.466. The predicted molar refractivity (Wildman–Crippen MR) is 32.9 cm³/mol. The zero-order valence-corrected chi connectivity index (χ0v) is 8.23. The third-order valence-electron chi connectivity index (χ3n) is 1.20. The molecule has 7 heavy (non-hydrogen) atoms. The van der Waals surface area contributed by atoms with E-state index in [0.29, 0.717) is 0 Å². The Hall–Kier alpha value is 0.759. The van der Waals surface area contributed by atoms with Crippen molar-refractivity contribution in [2.45, 2.75) is 30.3 Å². The van der Waals surface area contributed by atoms with E-state index in [-0.39, 0.29) is 5.60 Å². The summed E-state index contributed by atoms with van der Waals surface area (Å²) in [6.45, 7) is 3.90. The monoisotopic (exact) mass is 208 g/mol. The van der Waals surface area contributed by atoms with Crippen LogP contribution in [0.3, 0.4) is 0 Å². The first kappa shape index (κ1) is 7.76. The van der Waals surface area contributed by atoms with Gasteiger partial charge in [0, 0.05) is 0 Å². The second-order valence-corrected chi connectivity index (χ2v) is 3.22. The van der Waals surface area contributed by atoms with Crippen molar-refractivity contribution in [3.8, 4) is 0 Å². The van der Waals surface area contributed by atoms with Crippen LogP contribution in [0.4, 0.5) is 0 Å². The number of aliphatic hydroxyl groups is 1. The molecule has 0 aliphatic heterocycles. The Morgan fingerprint density at radius 1 is 1.71 bits per heavy atom. The van der Waals surface area contributed by atoms with Gasteiger partial charge < -0.3 is 0 Å². The first-order valence-electron chi connectivity index (χ1n) is 2.55. The van der Waals surface area contributed by atoms with Crippen LogP contribution in [-0.2, 0) is 0 Å². The fraction of sp³-hybridized carbons (Fsp3) is 1.00. The van der Waals surface area contributed by atoms with Crippen molar-refractivity contribution in [3.63, 3.8) is 0 Å². The van der Waals surface area contributed by atoms with Crippen molar-refractivity contribution >= 4 is 22.5 Å². The second-order valence-electron chi connectivity index (χ2n) is 2.05. The van der Waals surface area contributed by atoms with Crippen LogP contribution in [0.25, 0.3) is 0 Å². The van der Waals surface area contributed by atoms with E-state index in [1.807, 2.05) is 13.8 Å². The molecule has 0 bridgehead atoms. The van der Waals surface area contributed by atoms with Gasteiger partial charge in [0.05, 0.1) is 0 Å². The van der Waals surface area contributed by atoms with Crippen molar-refractivity contribution in [3.05, 3.63) is 0 Å². The van der Waals surface area contributed by atoms with Gasteiger partial charge in [0.25, 0.3) is 0 Å². The minimum absolute atomic E-state index is 0.359. The van der Waals surface area contributed by atoms with Crippen molar-refractivity contribution < 1.29 is 5.11 Å². The summed E-state index contributed by atoms with van der Waals surface area (Å²) in [5.74, 6) is 0. The van der Waals surface area contributed by atoms with Gasteiger partial charge in [0.2, 0.25) is 0 Å². The van der Waals surface area contributed by atoms with Crippen LogP contribution >= 0.6 is 0 Å². The van der Waals surface area contributed by atoms with E-state index in [1.54, 1.807) is 0 Å². The van der Waals surface area contributed by atoms with E-state index in [0.717, 1.165) is 33.4 Å². The van der Waals surface area contributed by atoms with Crippen LogP contribution in [0.15, 0.2) is 0 Å². The normalized spacial score (nSPS) is 18.9. The molecule has 0 aliphatic rings. The van der Waals surface area contributed by atoms with E-state index in [2.05, 4.69) is 0 Å². The van der Waals surface area contributed by atoms with Crippen LogP contribution < -0.4 is 0 Å². The van der Waals surface area contributed by atoms with Gasteiger partial charge in [-0.3, -0.25) is 0 Å². The molecule has 0 amide bonds. The van der Waals surface area contributed by atoms with Gasteiger partial charge in [-0.2, -0.15) is 0 Å². The molecule has 1 unspecified atom stereocenters. The maximum atomic E-state index is 9.16. The Labute approximate surface area is 58.2 Å². The van der Waals surface area contributed by atoms with Gasteiger partial charge >= 0.3 is 57.9 Å². The standard InChI is InChI=1S/C5H11O.Sn.H/c1-4-5(2,3)6;;/h6H,2,4H2,1,3H3;;. The molecule has 1 atom stereocenters. The summed E-state index contributed by atoms with van der Waals surface area (Å²) >= 11 is 1.16. The van der Waals surface area contributed by atoms with Gasteiger partial charge in [-0.15, -0.1) is 0 Å². The molecule has 0 aromatic carbocycles. The summed E-state index contributed by atoms with van der Waals surface area (Å²) < 4.78 is 0.981. The van der Waals surface area contributed by atoms with E-state index in [4.69, 9.17) is 5.11 Å². The molecule has 0 rings (SSSR count). The molecule has 0 heterocycles. The third-order valence-corrected chi connectivity index (χ3v) is 3.71. The van der Waals surface area contributed by atoms with E-state index in [1.165, 1.54) is 0 Å². The Kier molecular flexibility index (Phi) is 3.24. The molecule has 0 aromatic heterocycles. The molecule has 0 fully saturated rings. The molecule has 42 valence electrons. The zero-order chi connectivity index (χ0) is 5.91. The van der Waals surface area contributed by atoms with Gasteiger partial charge in [0.1, 0.15) is 0 Å². The van der Waals surface area contributed by atoms with Crippen molar-refractivity contribution in [2.75, 3.05) is 0 Å². The van der Waals surface area contributed by atoms with Gasteiger partial charge in [-0.05, 0) is 0 Å². The molecule has 1 nitrogen and oxygen atoms in total. The Bertz CT molecular complexity index is 46.0. The summed E-state index contributed by atoms with van der Waals surface area (Å²) in [6.07, 6.45) is 0.883. The quantitative estimate of drug-likeness (QED) is 0.652. The topological polar surface area (TPSA) is 20.2 Å². The Morgan fingerprint density at radius 3 is 2.14 bits per heavy atom. The van der Waals surface area contributed by atoms with Crippen LogP contribution in [0.2, 0.25) is 4.44 Å². The average molecular weight is 207 g/mol. The van der Waals surface area contributed by atoms with E-state index in [9.17, 15) is 0 Å². The number of rotatable bonds is 2. The van der Waals surface area contributed by atoms with E-state index >= 15 is 0 Å². The third kappa shape index (κ3) is 3.35. The summed E-state index contributed by atoms with van der Waals surface area (Å²) in [5.41, 5.74) is -0.359. The Balaban J connectivity index is 3.36. The number of hydrogen-bond donors (Lipinski definition) is 1. The molecule has 2 radical (unpaired) electrons. The van der Waals surface area contributed by atoms with Crippen LogP contribution in [0.1, 0.15) is 20.3 Å². The maximum absolute atomic E-state index is 9.16. The van der Waals surface area contributed by atoms with Crippen molar-refractivity contribution in [2.24, 2.45) is 0 Å². The van der Waals surface area contributed by atoms with E-state index < -0.39 is 0 Å². The molecule has 1 N–H and O–H groups in total. The zero-order valence-electron chi connectivity index (χ0n) is 4.94. The molecular formula is C5H12OSn. The van der Waals surface area contributed by atoms with Crippen molar-refractivity contribution in [1.82, 2.24) is 0 Å². The summed E-state index contributed by atoms with van der Waals surface area (Å²) in [4.78, 5) is 0. The van der Waals surface area contributed by atoms with Gasteiger partial charge in [0.15, 0.2) is 0 Å². The summed E-state index contributed by atoms with van der Waals surface area (Å²) in [7, 11) is 0. The average Bonchev–Trinajstić information content (AvgIpc) is 1.68. The molecular weight excluding hydrogens is 195 g/mol. The Morgan fingerprint density at radius 2 is 2.14 bits per heavy atom. The summed E-state index contributed by atoms with van der Waals surface area (Å²) in [6, 6.07) is 0. The molecule has 2 heteroatoms.